The Morgan fingerprint density at radius 2 is 1.30 bits per heavy atom. The van der Waals surface area contributed by atoms with E-state index < -0.39 is 5.66 Å². The molecule has 0 radical (unpaired) electrons. The van der Waals surface area contributed by atoms with Crippen LogP contribution >= 0.6 is 0 Å². The molecule has 0 fully saturated rings. The van der Waals surface area contributed by atoms with Crippen LogP contribution in [0.15, 0.2) is 128 Å². The van der Waals surface area contributed by atoms with Gasteiger partial charge in [0.2, 0.25) is 6.20 Å². The quantitative estimate of drug-likeness (QED) is 0.164. The standard InChI is InChI=1S/C45H33N5/c1-43(2)30-16-10-17-31-40(30)50-41-33(44(31,3)4)23-29-28-15-8-9-19-34(28)49-36-21-11-20-35-37(36)45(38(41)39(29)49,46-22-12-18-32(43)42(46)50)48-25-27(24-47(35)48)26-13-6-5-7-14-26/h5-25H,1-4H3/q+2. The monoisotopic (exact) mass is 643 g/mol. The van der Waals surface area contributed by atoms with Crippen molar-refractivity contribution in [2.75, 3.05) is 4.90 Å². The van der Waals surface area contributed by atoms with E-state index in [1.165, 1.54) is 94.9 Å². The van der Waals surface area contributed by atoms with Crippen molar-refractivity contribution >= 4 is 39.0 Å². The summed E-state index contributed by atoms with van der Waals surface area (Å²) in [6.07, 6.45) is 7.12. The number of rotatable bonds is 1. The summed E-state index contributed by atoms with van der Waals surface area (Å²) in [7, 11) is 0. The average molecular weight is 644 g/mol. The van der Waals surface area contributed by atoms with Crippen molar-refractivity contribution in [3.63, 3.8) is 0 Å². The summed E-state index contributed by atoms with van der Waals surface area (Å²) in [5.41, 5.74) is 17.3. The van der Waals surface area contributed by atoms with Crippen molar-refractivity contribution in [2.24, 2.45) is 0 Å². The molecule has 13 rings (SSSR count). The van der Waals surface area contributed by atoms with Crippen LogP contribution in [0.5, 0.6) is 0 Å². The van der Waals surface area contributed by atoms with E-state index >= 15 is 0 Å². The summed E-state index contributed by atoms with van der Waals surface area (Å²) < 4.78 is 10.2. The van der Waals surface area contributed by atoms with E-state index in [2.05, 4.69) is 179 Å². The lowest BCUT2D eigenvalue weighted by Crippen LogP contribution is -2.77. The molecule has 5 aliphatic heterocycles. The Balaban J connectivity index is 1.34. The predicted molar refractivity (Wildman–Crippen MR) is 196 cm³/mol. The fourth-order valence-corrected chi connectivity index (χ4v) is 10.9. The second-order valence-corrected chi connectivity index (χ2v) is 15.9. The first-order valence-electron chi connectivity index (χ1n) is 17.8. The van der Waals surface area contributed by atoms with Gasteiger partial charge in [0.15, 0.2) is 5.69 Å². The minimum Gasteiger partial charge on any atom is -0.307 e. The van der Waals surface area contributed by atoms with E-state index in [1.807, 2.05) is 0 Å². The van der Waals surface area contributed by atoms with Gasteiger partial charge in [-0.1, -0.05) is 105 Å². The summed E-state index contributed by atoms with van der Waals surface area (Å²) in [6.45, 7) is 9.75. The smallest absolute Gasteiger partial charge is 0.307 e. The molecule has 236 valence electrons. The fraction of sp³-hybridized carbons (Fsp3) is 0.156. The zero-order valence-electron chi connectivity index (χ0n) is 28.4. The maximum absolute atomic E-state index is 2.67. The first kappa shape index (κ1) is 26.0. The summed E-state index contributed by atoms with van der Waals surface area (Å²) in [6, 6.07) is 41.1. The SMILES string of the molecule is CC1(C)c2cccc3c2N2c4c1cc1c5ccccc5n5c1c4C1(c4c-5cccc4-n4cc(-c5ccccc5)c[n+]41)[n+]1cccc(c12)C3(C)C. The largest absolute Gasteiger partial charge is 0.394 e. The average Bonchev–Trinajstić information content (AvgIpc) is 3.80. The lowest BCUT2D eigenvalue weighted by Gasteiger charge is -2.48. The number of benzene rings is 5. The van der Waals surface area contributed by atoms with E-state index in [1.54, 1.807) is 0 Å². The molecule has 0 aliphatic carbocycles. The number of para-hydroxylation sites is 2. The highest BCUT2D eigenvalue weighted by Crippen LogP contribution is 2.66. The molecule has 5 nitrogen and oxygen atoms in total. The molecule has 0 amide bonds. The molecule has 0 saturated carbocycles. The second-order valence-electron chi connectivity index (χ2n) is 15.9. The number of aromatic nitrogens is 4. The molecule has 5 aromatic carbocycles. The minimum absolute atomic E-state index is 0.196. The molecule has 50 heavy (non-hydrogen) atoms. The molecular weight excluding hydrogens is 611 g/mol. The van der Waals surface area contributed by atoms with Gasteiger partial charge in [0, 0.05) is 38.3 Å². The van der Waals surface area contributed by atoms with Gasteiger partial charge in [-0.2, -0.15) is 9.47 Å². The third-order valence-corrected chi connectivity index (χ3v) is 13.0. The van der Waals surface area contributed by atoms with Crippen molar-refractivity contribution in [3.8, 4) is 22.5 Å². The van der Waals surface area contributed by atoms with Crippen molar-refractivity contribution in [2.45, 2.75) is 44.2 Å². The van der Waals surface area contributed by atoms with Gasteiger partial charge in [-0.3, -0.25) is 0 Å². The molecular formula is C45H33N5+2. The van der Waals surface area contributed by atoms with E-state index in [4.69, 9.17) is 0 Å². The summed E-state index contributed by atoms with van der Waals surface area (Å²) in [5, 5.41) is 2.63. The molecule has 1 unspecified atom stereocenters. The Kier molecular flexibility index (Phi) is 4.04. The number of hydrogen-bond acceptors (Lipinski definition) is 1. The Morgan fingerprint density at radius 1 is 0.580 bits per heavy atom. The zero-order chi connectivity index (χ0) is 33.1. The number of fused-ring (bicyclic) bond motifs is 6. The van der Waals surface area contributed by atoms with E-state index in [0.29, 0.717) is 0 Å². The molecule has 0 N–H and O–H groups in total. The van der Waals surface area contributed by atoms with Crippen LogP contribution in [-0.4, -0.2) is 9.25 Å². The van der Waals surface area contributed by atoms with Crippen LogP contribution in [0.2, 0.25) is 0 Å². The zero-order valence-corrected chi connectivity index (χ0v) is 28.4. The third kappa shape index (κ3) is 2.42. The van der Waals surface area contributed by atoms with Gasteiger partial charge < -0.3 is 4.57 Å². The Labute approximate surface area is 289 Å². The second kappa shape index (κ2) is 7.76. The van der Waals surface area contributed by atoms with Crippen LogP contribution < -0.4 is 14.1 Å². The van der Waals surface area contributed by atoms with Gasteiger partial charge >= 0.3 is 5.66 Å². The molecule has 8 heterocycles. The van der Waals surface area contributed by atoms with Crippen molar-refractivity contribution in [1.82, 2.24) is 9.25 Å². The Hall–Kier alpha value is -5.94. The van der Waals surface area contributed by atoms with Crippen LogP contribution in [0.25, 0.3) is 44.3 Å². The molecule has 5 heteroatoms. The first-order valence-corrected chi connectivity index (χ1v) is 17.8. The fourth-order valence-electron chi connectivity index (χ4n) is 10.9. The highest BCUT2D eigenvalue weighted by molar-refractivity contribution is 6.15. The highest BCUT2D eigenvalue weighted by atomic mass is 15.5. The number of anilines is 3. The van der Waals surface area contributed by atoms with Crippen LogP contribution in [-0.2, 0) is 16.5 Å². The third-order valence-electron chi connectivity index (χ3n) is 13.0. The van der Waals surface area contributed by atoms with Crippen molar-refractivity contribution in [1.29, 1.82) is 0 Å². The minimum atomic E-state index is -0.662. The highest BCUT2D eigenvalue weighted by Gasteiger charge is 2.72. The number of hydrogen-bond donors (Lipinski definition) is 0. The van der Waals surface area contributed by atoms with Crippen LogP contribution in [0.1, 0.15) is 61.1 Å². The van der Waals surface area contributed by atoms with Crippen LogP contribution in [0.4, 0.5) is 17.2 Å². The number of nitrogens with zero attached hydrogens (tertiary/aromatic N) is 5. The van der Waals surface area contributed by atoms with Gasteiger partial charge in [-0.25, -0.2) is 0 Å². The van der Waals surface area contributed by atoms with Gasteiger partial charge in [0.05, 0.1) is 40.2 Å². The molecule has 5 aliphatic rings. The van der Waals surface area contributed by atoms with E-state index in [-0.39, 0.29) is 10.8 Å². The van der Waals surface area contributed by atoms with Crippen molar-refractivity contribution in [3.05, 3.63) is 161 Å². The van der Waals surface area contributed by atoms with Crippen LogP contribution in [0.3, 0.4) is 0 Å². The van der Waals surface area contributed by atoms with Gasteiger partial charge in [0.25, 0.3) is 5.82 Å². The van der Waals surface area contributed by atoms with Crippen molar-refractivity contribution < 1.29 is 9.25 Å². The summed E-state index contributed by atoms with van der Waals surface area (Å²) in [5.74, 6) is 1.27. The normalized spacial score (nSPS) is 19.6. The van der Waals surface area contributed by atoms with Gasteiger partial charge in [-0.05, 0) is 42.0 Å². The van der Waals surface area contributed by atoms with E-state index in [9.17, 15) is 0 Å². The predicted octanol–water partition coefficient (Wildman–Crippen LogP) is 8.80. The Bertz CT molecular complexity index is 2940. The lowest BCUT2D eigenvalue weighted by atomic mass is 9.64. The molecule has 8 aromatic rings. The maximum atomic E-state index is 2.67. The summed E-state index contributed by atoms with van der Waals surface area (Å²) >= 11 is 0. The Morgan fingerprint density at radius 3 is 2.14 bits per heavy atom. The maximum Gasteiger partial charge on any atom is 0.394 e. The van der Waals surface area contributed by atoms with E-state index in [0.717, 1.165) is 0 Å². The van der Waals surface area contributed by atoms with Gasteiger partial charge in [-0.15, -0.1) is 4.68 Å². The number of pyridine rings is 1. The van der Waals surface area contributed by atoms with Gasteiger partial charge in [0.1, 0.15) is 22.5 Å². The molecule has 1 atom stereocenters. The van der Waals surface area contributed by atoms with Crippen LogP contribution in [0, 0.1) is 0 Å². The summed E-state index contributed by atoms with van der Waals surface area (Å²) in [4.78, 5) is 2.67. The molecule has 1 spiro atoms. The molecule has 0 saturated heterocycles. The lowest BCUT2D eigenvalue weighted by molar-refractivity contribution is -0.991. The topological polar surface area (TPSA) is 20.9 Å². The molecule has 3 aromatic heterocycles. The first-order chi connectivity index (χ1) is 24.3. The molecule has 0 bridgehead atoms.